The molecule has 2 aromatic rings. The molecule has 3 rings (SSSR count). The van der Waals surface area contributed by atoms with Gasteiger partial charge in [-0.15, -0.1) is 11.8 Å². The summed E-state index contributed by atoms with van der Waals surface area (Å²) in [5, 5.41) is 4.44. The number of rotatable bonds is 2. The number of aryl methyl sites for hydroxylation is 2. The molecule has 1 amide bonds. The van der Waals surface area contributed by atoms with Crippen LogP contribution in [0.2, 0.25) is 0 Å². The molecule has 122 valence electrons. The number of carbonyl (C=O) groups is 1. The second-order valence-electron chi connectivity index (χ2n) is 5.14. The maximum Gasteiger partial charge on any atom is 0.259 e. The largest absolute Gasteiger partial charge is 0.494 e. The van der Waals surface area contributed by atoms with Crippen LogP contribution in [-0.2, 0) is 7.05 Å². The Balaban J connectivity index is 2.03. The summed E-state index contributed by atoms with van der Waals surface area (Å²) in [7, 11) is 3.47. The van der Waals surface area contributed by atoms with Gasteiger partial charge in [0.1, 0.15) is 11.6 Å². The number of halogens is 2. The van der Waals surface area contributed by atoms with E-state index in [0.29, 0.717) is 17.9 Å². The summed E-state index contributed by atoms with van der Waals surface area (Å²) in [4.78, 5) is 15.9. The summed E-state index contributed by atoms with van der Waals surface area (Å²) in [6.45, 7) is 2.64. The number of ether oxygens (including phenoxy) is 1. The van der Waals surface area contributed by atoms with Crippen LogP contribution in [0.25, 0.3) is 0 Å². The van der Waals surface area contributed by atoms with Crippen LogP contribution < -0.4 is 9.64 Å². The monoisotopic (exact) mass is 459 g/mol. The van der Waals surface area contributed by atoms with Crippen molar-refractivity contribution >= 4 is 55.3 Å². The van der Waals surface area contributed by atoms with Crippen LogP contribution >= 0.6 is 43.6 Å². The van der Waals surface area contributed by atoms with Crippen molar-refractivity contribution in [1.82, 2.24) is 9.78 Å². The minimum absolute atomic E-state index is 0.0430. The van der Waals surface area contributed by atoms with Gasteiger partial charge < -0.3 is 4.74 Å². The number of nitrogens with zero attached hydrogens (tertiary/aromatic N) is 3. The van der Waals surface area contributed by atoms with Crippen molar-refractivity contribution in [3.05, 3.63) is 32.3 Å². The van der Waals surface area contributed by atoms with E-state index in [1.807, 2.05) is 14.0 Å². The molecule has 0 bridgehead atoms. The number of thioether (sulfide) groups is 1. The average molecular weight is 461 g/mol. The standard InChI is InChI=1S/C15H15Br2N3O2S/c1-8-13-14(19(2)18-8)20(4-5-23-13)15(21)9-6-10(16)12(22-3)11(17)7-9/h6-7H,4-5H2,1-3H3. The van der Waals surface area contributed by atoms with Gasteiger partial charge in [-0.2, -0.15) is 5.10 Å². The summed E-state index contributed by atoms with van der Waals surface area (Å²) in [5.41, 5.74) is 1.56. The SMILES string of the molecule is COc1c(Br)cc(C(=O)N2CCSc3c(C)nn(C)c32)cc1Br. The fourth-order valence-corrected chi connectivity index (χ4v) is 5.28. The van der Waals surface area contributed by atoms with E-state index in [9.17, 15) is 4.79 Å². The highest BCUT2D eigenvalue weighted by atomic mass is 79.9. The van der Waals surface area contributed by atoms with Crippen LogP contribution in [0.3, 0.4) is 0 Å². The summed E-state index contributed by atoms with van der Waals surface area (Å²) in [6.07, 6.45) is 0. The van der Waals surface area contributed by atoms with Gasteiger partial charge in [0.25, 0.3) is 5.91 Å². The molecule has 5 nitrogen and oxygen atoms in total. The molecule has 0 radical (unpaired) electrons. The number of hydrogen-bond donors (Lipinski definition) is 0. The predicted molar refractivity (Wildman–Crippen MR) is 98.7 cm³/mol. The minimum Gasteiger partial charge on any atom is -0.494 e. The second kappa shape index (κ2) is 6.49. The van der Waals surface area contributed by atoms with Gasteiger partial charge in [-0.05, 0) is 50.9 Å². The molecule has 8 heteroatoms. The van der Waals surface area contributed by atoms with Crippen LogP contribution in [0.4, 0.5) is 5.82 Å². The molecule has 2 heterocycles. The van der Waals surface area contributed by atoms with E-state index in [-0.39, 0.29) is 5.91 Å². The predicted octanol–water partition coefficient (Wildman–Crippen LogP) is 4.01. The van der Waals surface area contributed by atoms with E-state index in [2.05, 4.69) is 37.0 Å². The van der Waals surface area contributed by atoms with Crippen molar-refractivity contribution in [2.75, 3.05) is 24.3 Å². The van der Waals surface area contributed by atoms with Gasteiger partial charge in [0.2, 0.25) is 0 Å². The lowest BCUT2D eigenvalue weighted by molar-refractivity contribution is 0.0986. The maximum absolute atomic E-state index is 13.0. The smallest absolute Gasteiger partial charge is 0.259 e. The highest BCUT2D eigenvalue weighted by Crippen LogP contribution is 2.39. The average Bonchev–Trinajstić information content (AvgIpc) is 2.81. The van der Waals surface area contributed by atoms with Gasteiger partial charge in [0, 0.05) is 24.9 Å². The highest BCUT2D eigenvalue weighted by molar-refractivity contribution is 9.11. The van der Waals surface area contributed by atoms with Crippen molar-refractivity contribution in [2.45, 2.75) is 11.8 Å². The zero-order chi connectivity index (χ0) is 16.7. The fourth-order valence-electron chi connectivity index (χ4n) is 2.67. The Morgan fingerprint density at radius 2 is 2.00 bits per heavy atom. The van der Waals surface area contributed by atoms with Crippen molar-refractivity contribution in [2.24, 2.45) is 7.05 Å². The Morgan fingerprint density at radius 1 is 1.35 bits per heavy atom. The summed E-state index contributed by atoms with van der Waals surface area (Å²) >= 11 is 8.66. The second-order valence-corrected chi connectivity index (χ2v) is 7.95. The molecule has 0 saturated heterocycles. The molecule has 0 aliphatic carbocycles. The summed E-state index contributed by atoms with van der Waals surface area (Å²) in [5.74, 6) is 2.36. The first-order chi connectivity index (χ1) is 10.9. The van der Waals surface area contributed by atoms with E-state index in [4.69, 9.17) is 4.74 Å². The molecule has 0 unspecified atom stereocenters. The first kappa shape index (κ1) is 16.9. The number of fused-ring (bicyclic) bond motifs is 1. The number of benzene rings is 1. The first-order valence-corrected chi connectivity index (χ1v) is 9.52. The number of methoxy groups -OCH3 is 1. The Hall–Kier alpha value is -0.990. The van der Waals surface area contributed by atoms with E-state index in [0.717, 1.165) is 31.1 Å². The third-order valence-corrected chi connectivity index (χ3v) is 5.98. The Kier molecular flexibility index (Phi) is 4.75. The van der Waals surface area contributed by atoms with Crippen LogP contribution in [-0.4, -0.2) is 35.1 Å². The molecule has 0 atom stereocenters. The van der Waals surface area contributed by atoms with Gasteiger partial charge in [0.15, 0.2) is 0 Å². The Labute approximate surface area is 155 Å². The first-order valence-electron chi connectivity index (χ1n) is 6.95. The van der Waals surface area contributed by atoms with E-state index in [1.54, 1.807) is 40.6 Å². The number of amides is 1. The number of carbonyl (C=O) groups excluding carboxylic acids is 1. The van der Waals surface area contributed by atoms with Crippen LogP contribution in [0.15, 0.2) is 26.0 Å². The van der Waals surface area contributed by atoms with Gasteiger partial charge >= 0.3 is 0 Å². The third-order valence-electron chi connectivity index (χ3n) is 3.65. The van der Waals surface area contributed by atoms with Crippen molar-refractivity contribution in [1.29, 1.82) is 0 Å². The lowest BCUT2D eigenvalue weighted by Gasteiger charge is -2.27. The van der Waals surface area contributed by atoms with Gasteiger partial charge in [0.05, 0.1) is 26.6 Å². The molecule has 23 heavy (non-hydrogen) atoms. The van der Waals surface area contributed by atoms with Crippen LogP contribution in [0.5, 0.6) is 5.75 Å². The molecule has 1 aromatic carbocycles. The van der Waals surface area contributed by atoms with Gasteiger partial charge in [-0.25, -0.2) is 0 Å². The van der Waals surface area contributed by atoms with Gasteiger partial charge in [-0.1, -0.05) is 0 Å². The lowest BCUT2D eigenvalue weighted by atomic mass is 10.2. The summed E-state index contributed by atoms with van der Waals surface area (Å²) < 4.78 is 8.56. The van der Waals surface area contributed by atoms with Crippen molar-refractivity contribution < 1.29 is 9.53 Å². The Morgan fingerprint density at radius 3 is 2.61 bits per heavy atom. The van der Waals surface area contributed by atoms with E-state index >= 15 is 0 Å². The fraction of sp³-hybridized carbons (Fsp3) is 0.333. The number of anilines is 1. The molecular formula is C15H15Br2N3O2S. The Bertz CT molecular complexity index is 768. The molecule has 1 aliphatic heterocycles. The van der Waals surface area contributed by atoms with Crippen LogP contribution in [0.1, 0.15) is 16.1 Å². The minimum atomic E-state index is -0.0430. The van der Waals surface area contributed by atoms with Crippen LogP contribution in [0, 0.1) is 6.92 Å². The van der Waals surface area contributed by atoms with Crippen molar-refractivity contribution in [3.8, 4) is 5.75 Å². The lowest BCUT2D eigenvalue weighted by Crippen LogP contribution is -2.36. The molecule has 0 spiro atoms. The van der Waals surface area contributed by atoms with Crippen molar-refractivity contribution in [3.63, 3.8) is 0 Å². The molecule has 0 fully saturated rings. The molecular weight excluding hydrogens is 446 g/mol. The normalized spacial score (nSPS) is 13.9. The van der Waals surface area contributed by atoms with E-state index in [1.165, 1.54) is 0 Å². The zero-order valence-corrected chi connectivity index (χ0v) is 16.9. The summed E-state index contributed by atoms with van der Waals surface area (Å²) in [6, 6.07) is 3.58. The maximum atomic E-state index is 13.0. The van der Waals surface area contributed by atoms with Gasteiger partial charge in [-0.3, -0.25) is 14.4 Å². The zero-order valence-electron chi connectivity index (χ0n) is 12.9. The number of aromatic nitrogens is 2. The number of hydrogen-bond acceptors (Lipinski definition) is 4. The quantitative estimate of drug-likeness (QED) is 0.679. The topological polar surface area (TPSA) is 47.4 Å². The highest BCUT2D eigenvalue weighted by Gasteiger charge is 2.29. The molecule has 1 aromatic heterocycles. The molecule has 0 saturated carbocycles. The van der Waals surface area contributed by atoms with E-state index < -0.39 is 0 Å². The molecule has 1 aliphatic rings. The third kappa shape index (κ3) is 2.92. The molecule has 0 N–H and O–H groups in total.